The summed E-state index contributed by atoms with van der Waals surface area (Å²) >= 11 is 0. The van der Waals surface area contributed by atoms with Crippen molar-refractivity contribution in [3.05, 3.63) is 124 Å². The Balaban J connectivity index is 0.000000586. The molecule has 2 aromatic heterocycles. The van der Waals surface area contributed by atoms with Crippen molar-refractivity contribution in [2.24, 2.45) is 0 Å². The van der Waals surface area contributed by atoms with Gasteiger partial charge in [0.2, 0.25) is 5.91 Å². The second kappa shape index (κ2) is 19.2. The average Bonchev–Trinajstić information content (AvgIpc) is 3.70. The predicted molar refractivity (Wildman–Crippen MR) is 202 cm³/mol. The minimum Gasteiger partial charge on any atom is -0.479 e. The first-order valence-electron chi connectivity index (χ1n) is 18.5. The molecule has 1 aliphatic heterocycles. The van der Waals surface area contributed by atoms with Gasteiger partial charge in [0.05, 0.1) is 23.0 Å². The van der Waals surface area contributed by atoms with E-state index in [2.05, 4.69) is 16.8 Å². The Morgan fingerprint density at radius 1 is 0.881 bits per heavy atom. The molecule has 13 nitrogen and oxygen atoms in total. The fraction of sp³-hybridized carbons (Fsp3) is 0.341. The van der Waals surface area contributed by atoms with Crippen LogP contribution in [0.5, 0.6) is 0 Å². The van der Waals surface area contributed by atoms with E-state index in [0.29, 0.717) is 28.0 Å². The SMILES string of the molecule is CCN1CCC(N(Cc2ccc(-c3ccc(C(F)(F)F)cc3)o2)C(=O)Cn2c(CCc3cccc(F)c3F)nc(=O)c3ccccc32)CC1.O=C(O)[C@H](O)[C@@H](O)C(=O)O. The molecule has 1 aliphatic rings. The number of hydrogen-bond acceptors (Lipinski definition) is 9. The van der Waals surface area contributed by atoms with E-state index >= 15 is 0 Å². The summed E-state index contributed by atoms with van der Waals surface area (Å²) in [7, 11) is 0. The Labute approximate surface area is 333 Å². The number of amides is 1. The van der Waals surface area contributed by atoms with Gasteiger partial charge in [-0.3, -0.25) is 9.59 Å². The van der Waals surface area contributed by atoms with Gasteiger partial charge in [-0.05, 0) is 73.8 Å². The monoisotopic (exact) mass is 828 g/mol. The van der Waals surface area contributed by atoms with Crippen LogP contribution in [-0.2, 0) is 46.5 Å². The van der Waals surface area contributed by atoms with Gasteiger partial charge in [0.1, 0.15) is 23.9 Å². The molecule has 2 atom stereocenters. The van der Waals surface area contributed by atoms with E-state index in [1.807, 2.05) is 0 Å². The summed E-state index contributed by atoms with van der Waals surface area (Å²) in [5, 5.41) is 32.9. The molecule has 1 saturated heterocycles. The first kappa shape index (κ1) is 44.1. The van der Waals surface area contributed by atoms with E-state index in [1.165, 1.54) is 24.3 Å². The summed E-state index contributed by atoms with van der Waals surface area (Å²) in [6, 6.07) is 18.7. The molecule has 1 fully saturated rings. The number of aryl methyl sites for hydroxylation is 2. The van der Waals surface area contributed by atoms with Crippen molar-refractivity contribution in [1.82, 2.24) is 19.4 Å². The fourth-order valence-corrected chi connectivity index (χ4v) is 6.70. The van der Waals surface area contributed by atoms with E-state index in [9.17, 15) is 41.1 Å². The van der Waals surface area contributed by atoms with Crippen LogP contribution in [0.2, 0.25) is 0 Å². The smallest absolute Gasteiger partial charge is 0.416 e. The molecule has 3 aromatic carbocycles. The van der Waals surface area contributed by atoms with Crippen molar-refractivity contribution in [3.63, 3.8) is 0 Å². The molecular formula is C41H41F5N4O9. The third kappa shape index (κ3) is 11.0. The lowest BCUT2D eigenvalue weighted by molar-refractivity contribution is -0.165. The minimum atomic E-state index is -4.45. The van der Waals surface area contributed by atoms with Crippen molar-refractivity contribution in [1.29, 1.82) is 0 Å². The van der Waals surface area contributed by atoms with Crippen LogP contribution in [-0.4, -0.2) is 95.5 Å². The van der Waals surface area contributed by atoms with Crippen LogP contribution in [0, 0.1) is 11.6 Å². The van der Waals surface area contributed by atoms with Gasteiger partial charge < -0.3 is 39.2 Å². The van der Waals surface area contributed by atoms with E-state index in [4.69, 9.17) is 24.8 Å². The van der Waals surface area contributed by atoms with Crippen LogP contribution in [0.1, 0.15) is 42.5 Å². The molecule has 0 bridgehead atoms. The van der Waals surface area contributed by atoms with E-state index in [1.54, 1.807) is 45.9 Å². The molecule has 0 spiro atoms. The van der Waals surface area contributed by atoms with Crippen molar-refractivity contribution >= 4 is 28.7 Å². The maximum absolute atomic E-state index is 14.5. The van der Waals surface area contributed by atoms with Crippen molar-refractivity contribution in [2.75, 3.05) is 19.6 Å². The number of aliphatic hydroxyl groups is 2. The molecule has 314 valence electrons. The van der Waals surface area contributed by atoms with Crippen LogP contribution in [0.15, 0.2) is 88.1 Å². The van der Waals surface area contributed by atoms with Crippen LogP contribution in [0.3, 0.4) is 0 Å². The number of carboxylic acids is 2. The fourth-order valence-electron chi connectivity index (χ4n) is 6.70. The Hall–Kier alpha value is -5.98. The number of nitrogens with zero attached hydrogens (tertiary/aromatic N) is 4. The molecule has 0 radical (unpaired) electrons. The Morgan fingerprint density at radius 3 is 2.14 bits per heavy atom. The van der Waals surface area contributed by atoms with Crippen LogP contribution in [0.25, 0.3) is 22.2 Å². The highest BCUT2D eigenvalue weighted by atomic mass is 19.4. The zero-order valence-electron chi connectivity index (χ0n) is 31.6. The standard InChI is InChI=1S/C37H35F5N4O3.C4H6O6/c1-2-44-20-18-27(19-21-44)45(22-28-15-16-32(49-28)24-10-13-26(14-11-24)37(40,41)42)34(47)23-46-31-9-4-3-7-29(31)36(48)43-33(46)17-12-25-6-5-8-30(38)35(25)39;5-1(3(7)8)2(6)4(9)10/h3-11,13-16,27H,2,12,17-23H2,1H3;1-2,5-6H,(H,7,8)(H,9,10)/t;1-,2-/m.1/s1. The number of carbonyl (C=O) groups is 3. The lowest BCUT2D eigenvalue weighted by Gasteiger charge is -2.38. The predicted octanol–water partition coefficient (Wildman–Crippen LogP) is 5.13. The number of fused-ring (bicyclic) bond motifs is 1. The molecule has 0 saturated carbocycles. The highest BCUT2D eigenvalue weighted by molar-refractivity contribution is 5.83. The van der Waals surface area contributed by atoms with Crippen molar-refractivity contribution < 1.29 is 61.2 Å². The third-order valence-corrected chi connectivity index (χ3v) is 9.97. The average molecular weight is 829 g/mol. The van der Waals surface area contributed by atoms with E-state index in [-0.39, 0.29) is 49.3 Å². The van der Waals surface area contributed by atoms with Crippen LogP contribution in [0.4, 0.5) is 22.0 Å². The van der Waals surface area contributed by atoms with Gasteiger partial charge in [-0.2, -0.15) is 18.2 Å². The molecule has 4 N–H and O–H groups in total. The number of furan rings is 1. The lowest BCUT2D eigenvalue weighted by Crippen LogP contribution is -2.48. The molecule has 0 aliphatic carbocycles. The number of aliphatic hydroxyl groups excluding tert-OH is 2. The number of alkyl halides is 3. The quantitative estimate of drug-likeness (QED) is 0.115. The molecule has 6 rings (SSSR count). The van der Waals surface area contributed by atoms with Crippen LogP contribution >= 0.6 is 0 Å². The van der Waals surface area contributed by atoms with Gasteiger partial charge >= 0.3 is 18.1 Å². The normalized spacial score (nSPS) is 14.6. The van der Waals surface area contributed by atoms with Crippen LogP contribution < -0.4 is 5.56 Å². The van der Waals surface area contributed by atoms with Crippen molar-refractivity contribution in [2.45, 2.75) is 70.1 Å². The number of aliphatic carboxylic acids is 2. The number of piperidine rings is 1. The van der Waals surface area contributed by atoms with Gasteiger partial charge in [-0.15, -0.1) is 0 Å². The number of rotatable bonds is 13. The van der Waals surface area contributed by atoms with Gasteiger partial charge in [0, 0.05) is 31.1 Å². The second-order valence-corrected chi connectivity index (χ2v) is 13.7. The number of aromatic nitrogens is 2. The van der Waals surface area contributed by atoms with Crippen molar-refractivity contribution in [3.8, 4) is 11.3 Å². The third-order valence-electron chi connectivity index (χ3n) is 9.97. The molecule has 5 aromatic rings. The largest absolute Gasteiger partial charge is 0.479 e. The first-order valence-corrected chi connectivity index (χ1v) is 18.5. The van der Waals surface area contributed by atoms with E-state index in [0.717, 1.165) is 50.7 Å². The number of likely N-dealkylation sites (tertiary alicyclic amines) is 1. The Kier molecular flexibility index (Phi) is 14.3. The maximum Gasteiger partial charge on any atom is 0.416 e. The number of carbonyl (C=O) groups excluding carboxylic acids is 1. The summed E-state index contributed by atoms with van der Waals surface area (Å²) in [6.45, 7) is 4.51. The Morgan fingerprint density at radius 2 is 1.53 bits per heavy atom. The topological polar surface area (TPSA) is 187 Å². The summed E-state index contributed by atoms with van der Waals surface area (Å²) < 4.78 is 75.5. The summed E-state index contributed by atoms with van der Waals surface area (Å²) in [5.41, 5.74) is -0.147. The summed E-state index contributed by atoms with van der Waals surface area (Å²) in [4.78, 5) is 55.3. The number of para-hydroxylation sites is 1. The Bertz CT molecular complexity index is 2300. The lowest BCUT2D eigenvalue weighted by atomic mass is 10.0. The molecule has 59 heavy (non-hydrogen) atoms. The summed E-state index contributed by atoms with van der Waals surface area (Å²) in [5.74, 6) is -4.62. The van der Waals surface area contributed by atoms with Gasteiger partial charge in [-0.25, -0.2) is 18.4 Å². The molecule has 18 heteroatoms. The number of carboxylic acid groups (broad SMARTS) is 2. The molecular weight excluding hydrogens is 787 g/mol. The second-order valence-electron chi connectivity index (χ2n) is 13.7. The van der Waals surface area contributed by atoms with Gasteiger partial charge in [0.15, 0.2) is 23.8 Å². The number of halogens is 5. The highest BCUT2D eigenvalue weighted by Crippen LogP contribution is 2.32. The molecule has 1 amide bonds. The van der Waals surface area contributed by atoms with Gasteiger partial charge in [-0.1, -0.05) is 43.3 Å². The molecule has 3 heterocycles. The zero-order valence-corrected chi connectivity index (χ0v) is 31.6. The first-order chi connectivity index (χ1) is 28.0. The zero-order chi connectivity index (χ0) is 43.0. The van der Waals surface area contributed by atoms with Gasteiger partial charge in [0.25, 0.3) is 5.56 Å². The molecule has 0 unspecified atom stereocenters. The highest BCUT2D eigenvalue weighted by Gasteiger charge is 2.32. The maximum atomic E-state index is 14.5. The number of benzene rings is 3. The summed E-state index contributed by atoms with van der Waals surface area (Å²) in [6.07, 6.45) is -7.40. The number of hydrogen-bond donors (Lipinski definition) is 4. The van der Waals surface area contributed by atoms with E-state index < -0.39 is 53.1 Å². The minimum absolute atomic E-state index is 0.0564.